The molecule has 114 valence electrons. The van der Waals surface area contributed by atoms with Gasteiger partial charge in [0.2, 0.25) is 0 Å². The molecule has 0 saturated heterocycles. The molecule has 3 aromatic heterocycles. The topological polar surface area (TPSA) is 59.8 Å². The first-order valence-corrected chi connectivity index (χ1v) is 7.73. The lowest BCUT2D eigenvalue weighted by Crippen LogP contribution is -2.17. The van der Waals surface area contributed by atoms with E-state index in [2.05, 4.69) is 15.3 Å². The van der Waals surface area contributed by atoms with Crippen LogP contribution in [-0.4, -0.2) is 21.6 Å². The van der Waals surface area contributed by atoms with Crippen LogP contribution in [0.5, 0.6) is 0 Å². The molecule has 0 atom stereocenters. The lowest BCUT2D eigenvalue weighted by Gasteiger charge is -2.05. The number of aromatic nitrogens is 3. The molecule has 4 aromatic rings. The first-order valence-electron chi connectivity index (χ1n) is 6.91. The Morgan fingerprint density at radius 2 is 2.13 bits per heavy atom. The molecule has 0 amide bonds. The summed E-state index contributed by atoms with van der Waals surface area (Å²) in [5.41, 5.74) is 1.70. The van der Waals surface area contributed by atoms with Gasteiger partial charge >= 0.3 is 0 Å². The summed E-state index contributed by atoms with van der Waals surface area (Å²) in [7, 11) is 1.81. The number of rotatable bonds is 2. The minimum atomic E-state index is -0.398. The van der Waals surface area contributed by atoms with Crippen molar-refractivity contribution in [2.75, 3.05) is 12.4 Å². The number of anilines is 1. The SMILES string of the molecule is CNc1ccnc2sc3c(=O)n(-c4cccc(F)c4)cnc3c12. The number of hydrogen-bond donors (Lipinski definition) is 1. The molecule has 23 heavy (non-hydrogen) atoms. The summed E-state index contributed by atoms with van der Waals surface area (Å²) in [5.74, 6) is -0.398. The Hall–Kier alpha value is -2.80. The molecule has 0 unspecified atom stereocenters. The Labute approximate surface area is 134 Å². The highest BCUT2D eigenvalue weighted by molar-refractivity contribution is 7.25. The first kappa shape index (κ1) is 13.8. The maximum absolute atomic E-state index is 13.4. The van der Waals surface area contributed by atoms with Gasteiger partial charge in [0.25, 0.3) is 5.56 Å². The average Bonchev–Trinajstić information content (AvgIpc) is 2.95. The van der Waals surface area contributed by atoms with Crippen LogP contribution in [0.4, 0.5) is 10.1 Å². The van der Waals surface area contributed by atoms with Gasteiger partial charge in [0, 0.05) is 18.9 Å². The Morgan fingerprint density at radius 3 is 2.91 bits per heavy atom. The maximum atomic E-state index is 13.4. The number of halogens is 1. The van der Waals surface area contributed by atoms with E-state index in [4.69, 9.17) is 0 Å². The van der Waals surface area contributed by atoms with E-state index in [9.17, 15) is 9.18 Å². The number of fused-ring (bicyclic) bond motifs is 3. The Kier molecular flexibility index (Phi) is 3.09. The molecule has 0 aliphatic heterocycles. The standard InChI is InChI=1S/C16H11FN4OS/c1-18-11-5-6-19-15-12(11)13-14(23-15)16(22)21(8-20-13)10-4-2-3-9(17)7-10/h2-8H,1H3,(H,18,19). The van der Waals surface area contributed by atoms with Crippen molar-refractivity contribution < 1.29 is 4.39 Å². The Morgan fingerprint density at radius 1 is 1.26 bits per heavy atom. The fourth-order valence-electron chi connectivity index (χ4n) is 2.57. The summed E-state index contributed by atoms with van der Waals surface area (Å²) in [6.07, 6.45) is 3.12. The highest BCUT2D eigenvalue weighted by Gasteiger charge is 2.15. The number of benzene rings is 1. The van der Waals surface area contributed by atoms with Gasteiger partial charge in [0.05, 0.1) is 16.6 Å². The molecule has 0 fully saturated rings. The van der Waals surface area contributed by atoms with E-state index >= 15 is 0 Å². The van der Waals surface area contributed by atoms with Crippen molar-refractivity contribution in [3.05, 3.63) is 59.0 Å². The molecule has 1 aromatic carbocycles. The summed E-state index contributed by atoms with van der Waals surface area (Å²) in [5, 5.41) is 3.92. The third-order valence-corrected chi connectivity index (χ3v) is 4.71. The lowest BCUT2D eigenvalue weighted by atomic mass is 10.2. The molecule has 0 radical (unpaired) electrons. The number of pyridine rings is 1. The largest absolute Gasteiger partial charge is 0.387 e. The molecule has 0 saturated carbocycles. The molecule has 0 spiro atoms. The zero-order valence-corrected chi connectivity index (χ0v) is 12.9. The second kappa shape index (κ2) is 5.13. The third-order valence-electron chi connectivity index (χ3n) is 3.64. The van der Waals surface area contributed by atoms with Gasteiger partial charge in [-0.05, 0) is 24.3 Å². The van der Waals surface area contributed by atoms with Crippen molar-refractivity contribution in [2.45, 2.75) is 0 Å². The molecule has 7 heteroatoms. The molecule has 0 aliphatic rings. The van der Waals surface area contributed by atoms with Crippen LogP contribution in [0.15, 0.2) is 47.7 Å². The third kappa shape index (κ3) is 2.08. The minimum absolute atomic E-state index is 0.231. The van der Waals surface area contributed by atoms with Crippen LogP contribution < -0.4 is 10.9 Å². The van der Waals surface area contributed by atoms with Gasteiger partial charge in [0.15, 0.2) is 0 Å². The van der Waals surface area contributed by atoms with E-state index in [1.807, 2.05) is 13.1 Å². The normalized spacial score (nSPS) is 11.2. The summed E-state index contributed by atoms with van der Waals surface area (Å²) >= 11 is 1.29. The Balaban J connectivity index is 2.07. The van der Waals surface area contributed by atoms with Crippen molar-refractivity contribution in [2.24, 2.45) is 0 Å². The summed E-state index contributed by atoms with van der Waals surface area (Å²) in [4.78, 5) is 22.2. The molecule has 3 heterocycles. The summed E-state index contributed by atoms with van der Waals surface area (Å²) in [6, 6.07) is 7.71. The molecular formula is C16H11FN4OS. The van der Waals surface area contributed by atoms with Gasteiger partial charge < -0.3 is 5.32 Å². The minimum Gasteiger partial charge on any atom is -0.387 e. The van der Waals surface area contributed by atoms with Crippen molar-refractivity contribution in [1.82, 2.24) is 14.5 Å². The number of thiophene rings is 1. The van der Waals surface area contributed by atoms with Crippen LogP contribution in [0.2, 0.25) is 0 Å². The molecule has 0 bridgehead atoms. The van der Waals surface area contributed by atoms with E-state index in [1.165, 1.54) is 34.4 Å². The quantitative estimate of drug-likeness (QED) is 0.615. The van der Waals surface area contributed by atoms with E-state index in [0.29, 0.717) is 15.9 Å². The number of nitrogens with zero attached hydrogens (tertiary/aromatic N) is 3. The van der Waals surface area contributed by atoms with E-state index in [0.717, 1.165) is 15.9 Å². The molecule has 5 nitrogen and oxygen atoms in total. The number of nitrogens with one attached hydrogen (secondary N) is 1. The van der Waals surface area contributed by atoms with Gasteiger partial charge in [-0.15, -0.1) is 11.3 Å². The molecule has 0 aliphatic carbocycles. The van der Waals surface area contributed by atoms with E-state index in [1.54, 1.807) is 18.3 Å². The second-order valence-electron chi connectivity index (χ2n) is 4.97. The fraction of sp³-hybridized carbons (Fsp3) is 0.0625. The van der Waals surface area contributed by atoms with Crippen molar-refractivity contribution in [3.8, 4) is 5.69 Å². The highest BCUT2D eigenvalue weighted by atomic mass is 32.1. The van der Waals surface area contributed by atoms with Crippen LogP contribution >= 0.6 is 11.3 Å². The molecule has 4 rings (SSSR count). The smallest absolute Gasteiger partial charge is 0.275 e. The predicted octanol–water partition coefficient (Wildman–Crippen LogP) is 3.18. The lowest BCUT2D eigenvalue weighted by molar-refractivity contribution is 0.626. The number of hydrogen-bond acceptors (Lipinski definition) is 5. The van der Waals surface area contributed by atoms with Crippen LogP contribution in [0.25, 0.3) is 26.1 Å². The highest BCUT2D eigenvalue weighted by Crippen LogP contribution is 2.33. The fourth-order valence-corrected chi connectivity index (χ4v) is 3.62. The zero-order chi connectivity index (χ0) is 16.0. The van der Waals surface area contributed by atoms with Gasteiger partial charge in [0.1, 0.15) is 21.7 Å². The van der Waals surface area contributed by atoms with Crippen LogP contribution in [0.3, 0.4) is 0 Å². The van der Waals surface area contributed by atoms with Crippen molar-refractivity contribution in [1.29, 1.82) is 0 Å². The second-order valence-corrected chi connectivity index (χ2v) is 5.97. The van der Waals surface area contributed by atoms with Gasteiger partial charge in [-0.2, -0.15) is 0 Å². The van der Waals surface area contributed by atoms with Gasteiger partial charge in [-0.3, -0.25) is 9.36 Å². The molecule has 1 N–H and O–H groups in total. The zero-order valence-electron chi connectivity index (χ0n) is 12.1. The van der Waals surface area contributed by atoms with Gasteiger partial charge in [-0.25, -0.2) is 14.4 Å². The van der Waals surface area contributed by atoms with Crippen LogP contribution in [-0.2, 0) is 0 Å². The summed E-state index contributed by atoms with van der Waals surface area (Å²) < 4.78 is 15.3. The first-order chi connectivity index (χ1) is 11.2. The van der Waals surface area contributed by atoms with Crippen molar-refractivity contribution >= 4 is 37.5 Å². The van der Waals surface area contributed by atoms with Crippen molar-refractivity contribution in [3.63, 3.8) is 0 Å². The van der Waals surface area contributed by atoms with E-state index in [-0.39, 0.29) is 5.56 Å². The summed E-state index contributed by atoms with van der Waals surface area (Å²) in [6.45, 7) is 0. The van der Waals surface area contributed by atoms with Crippen LogP contribution in [0, 0.1) is 5.82 Å². The monoisotopic (exact) mass is 326 g/mol. The average molecular weight is 326 g/mol. The van der Waals surface area contributed by atoms with Crippen LogP contribution in [0.1, 0.15) is 0 Å². The van der Waals surface area contributed by atoms with E-state index < -0.39 is 5.82 Å². The maximum Gasteiger partial charge on any atom is 0.275 e. The predicted molar refractivity (Wildman–Crippen MR) is 90.0 cm³/mol. The van der Waals surface area contributed by atoms with Gasteiger partial charge in [-0.1, -0.05) is 6.07 Å². The molecular weight excluding hydrogens is 315 g/mol. The Bertz CT molecular complexity index is 1100.